The van der Waals surface area contributed by atoms with E-state index >= 15 is 0 Å². The van der Waals surface area contributed by atoms with Gasteiger partial charge in [0.1, 0.15) is 6.33 Å². The Hall–Kier alpha value is -3.44. The van der Waals surface area contributed by atoms with Crippen LogP contribution < -0.4 is 19.7 Å². The molecule has 0 aliphatic heterocycles. The molecule has 1 aromatic heterocycles. The van der Waals surface area contributed by atoms with E-state index in [9.17, 15) is 8.42 Å². The molecule has 0 radical (unpaired) electrons. The number of benzene rings is 2. The lowest BCUT2D eigenvalue weighted by Crippen LogP contribution is -2.14. The lowest BCUT2D eigenvalue weighted by molar-refractivity contribution is 0.355. The van der Waals surface area contributed by atoms with E-state index in [-0.39, 0.29) is 4.90 Å². The molecule has 10 nitrogen and oxygen atoms in total. The summed E-state index contributed by atoms with van der Waals surface area (Å²) in [7, 11) is 0.573. The van der Waals surface area contributed by atoms with Crippen LogP contribution in [0.2, 0.25) is 0 Å². The van der Waals surface area contributed by atoms with Crippen molar-refractivity contribution in [3.05, 3.63) is 48.8 Å². The Balaban J connectivity index is 1.82. The van der Waals surface area contributed by atoms with Crippen LogP contribution in [0.15, 0.2) is 53.7 Å². The van der Waals surface area contributed by atoms with Gasteiger partial charge in [0.2, 0.25) is 11.9 Å². The standard InChI is InChI=1S/C18H19N5O5S/c1-23(13-5-7-14(8-6-13)29(24,25)26)18-20-11-19-17(22-18)21-12-4-9-15(27-2)16(10-12)28-3/h4-11H,1-3H3,(H,24,25,26)(H,19,20,21,22). The summed E-state index contributed by atoms with van der Waals surface area (Å²) in [4.78, 5) is 14.1. The maximum Gasteiger partial charge on any atom is 0.294 e. The molecule has 3 aromatic rings. The van der Waals surface area contributed by atoms with Gasteiger partial charge in [-0.25, -0.2) is 9.97 Å². The maximum atomic E-state index is 11.2. The van der Waals surface area contributed by atoms with Crippen LogP contribution in [0.3, 0.4) is 0 Å². The largest absolute Gasteiger partial charge is 0.493 e. The van der Waals surface area contributed by atoms with Crippen molar-refractivity contribution in [2.75, 3.05) is 31.5 Å². The van der Waals surface area contributed by atoms with Crippen LogP contribution in [0.1, 0.15) is 0 Å². The van der Waals surface area contributed by atoms with Crippen LogP contribution in [-0.4, -0.2) is 49.2 Å². The van der Waals surface area contributed by atoms with Gasteiger partial charge in [0.15, 0.2) is 11.5 Å². The molecule has 11 heteroatoms. The molecule has 2 N–H and O–H groups in total. The van der Waals surface area contributed by atoms with Gasteiger partial charge in [-0.1, -0.05) is 0 Å². The van der Waals surface area contributed by atoms with E-state index in [4.69, 9.17) is 14.0 Å². The van der Waals surface area contributed by atoms with Crippen LogP contribution in [-0.2, 0) is 10.1 Å². The monoisotopic (exact) mass is 417 g/mol. The first-order valence-electron chi connectivity index (χ1n) is 8.31. The van der Waals surface area contributed by atoms with Gasteiger partial charge in [0.05, 0.1) is 19.1 Å². The van der Waals surface area contributed by atoms with E-state index in [1.54, 1.807) is 44.4 Å². The minimum atomic E-state index is -4.25. The third-order valence-electron chi connectivity index (χ3n) is 4.02. The van der Waals surface area contributed by atoms with Crippen LogP contribution in [0.25, 0.3) is 0 Å². The Morgan fingerprint density at radius 2 is 1.69 bits per heavy atom. The molecule has 0 aliphatic carbocycles. The summed E-state index contributed by atoms with van der Waals surface area (Å²) in [6.45, 7) is 0. The second kappa shape index (κ2) is 8.29. The fourth-order valence-electron chi connectivity index (χ4n) is 2.51. The van der Waals surface area contributed by atoms with Crippen molar-refractivity contribution in [1.82, 2.24) is 15.0 Å². The molecule has 2 aromatic carbocycles. The Bertz CT molecular complexity index is 1110. The summed E-state index contributed by atoms with van der Waals surface area (Å²) in [5.41, 5.74) is 1.32. The van der Waals surface area contributed by atoms with Gasteiger partial charge in [-0.3, -0.25) is 4.55 Å². The van der Waals surface area contributed by atoms with Crippen molar-refractivity contribution in [2.45, 2.75) is 4.90 Å². The van der Waals surface area contributed by atoms with Crippen molar-refractivity contribution in [2.24, 2.45) is 0 Å². The number of rotatable bonds is 7. The van der Waals surface area contributed by atoms with E-state index in [1.165, 1.54) is 30.6 Å². The first-order valence-corrected chi connectivity index (χ1v) is 9.75. The van der Waals surface area contributed by atoms with Crippen molar-refractivity contribution in [3.8, 4) is 11.5 Å². The zero-order valence-corrected chi connectivity index (χ0v) is 16.7. The molecule has 0 aliphatic rings. The van der Waals surface area contributed by atoms with Gasteiger partial charge in [-0.05, 0) is 36.4 Å². The predicted octanol–water partition coefficient (Wildman–Crippen LogP) is 2.65. The number of anilines is 4. The van der Waals surface area contributed by atoms with Gasteiger partial charge in [0.25, 0.3) is 10.1 Å². The van der Waals surface area contributed by atoms with E-state index in [0.717, 1.165) is 0 Å². The number of nitrogens with zero attached hydrogens (tertiary/aromatic N) is 4. The van der Waals surface area contributed by atoms with E-state index in [2.05, 4.69) is 20.3 Å². The number of methoxy groups -OCH3 is 2. The summed E-state index contributed by atoms with van der Waals surface area (Å²) < 4.78 is 41.9. The third kappa shape index (κ3) is 4.70. The molecule has 152 valence electrons. The summed E-state index contributed by atoms with van der Waals surface area (Å²) in [5, 5.41) is 3.07. The Kier molecular flexibility index (Phi) is 5.80. The van der Waals surface area contributed by atoms with Crippen LogP contribution >= 0.6 is 0 Å². The number of aromatic nitrogens is 3. The molecule has 0 fully saturated rings. The second-order valence-electron chi connectivity index (χ2n) is 5.83. The molecule has 29 heavy (non-hydrogen) atoms. The molecule has 0 spiro atoms. The smallest absolute Gasteiger partial charge is 0.294 e. The quantitative estimate of drug-likeness (QED) is 0.554. The Morgan fingerprint density at radius 3 is 2.31 bits per heavy atom. The predicted molar refractivity (Wildman–Crippen MR) is 107 cm³/mol. The van der Waals surface area contributed by atoms with Gasteiger partial charge >= 0.3 is 0 Å². The van der Waals surface area contributed by atoms with Crippen molar-refractivity contribution in [1.29, 1.82) is 0 Å². The zero-order valence-electron chi connectivity index (χ0n) is 15.9. The average molecular weight is 417 g/mol. The van der Waals surface area contributed by atoms with E-state index in [1.807, 2.05) is 0 Å². The first kappa shape index (κ1) is 20.3. The highest BCUT2D eigenvalue weighted by atomic mass is 32.2. The Labute approximate surface area is 167 Å². The molecule has 0 saturated heterocycles. The van der Waals surface area contributed by atoms with Crippen molar-refractivity contribution in [3.63, 3.8) is 0 Å². The maximum absolute atomic E-state index is 11.2. The van der Waals surface area contributed by atoms with Crippen molar-refractivity contribution >= 4 is 33.4 Å². The fraction of sp³-hybridized carbons (Fsp3) is 0.167. The molecule has 1 heterocycles. The summed E-state index contributed by atoms with van der Waals surface area (Å²) in [6.07, 6.45) is 1.36. The fourth-order valence-corrected chi connectivity index (χ4v) is 2.99. The minimum absolute atomic E-state index is 0.193. The average Bonchev–Trinajstić information content (AvgIpc) is 2.72. The first-order chi connectivity index (χ1) is 13.8. The van der Waals surface area contributed by atoms with Gasteiger partial charge in [-0.15, -0.1) is 0 Å². The molecule has 0 unspecified atom stereocenters. The number of hydrogen-bond acceptors (Lipinski definition) is 9. The Morgan fingerprint density at radius 1 is 1.00 bits per heavy atom. The highest BCUT2D eigenvalue weighted by Crippen LogP contribution is 2.31. The van der Waals surface area contributed by atoms with Gasteiger partial charge < -0.3 is 19.7 Å². The lowest BCUT2D eigenvalue weighted by atomic mass is 10.3. The summed E-state index contributed by atoms with van der Waals surface area (Å²) in [5.74, 6) is 1.80. The molecule has 0 saturated carbocycles. The van der Waals surface area contributed by atoms with Crippen LogP contribution in [0.5, 0.6) is 11.5 Å². The molecular weight excluding hydrogens is 398 g/mol. The topological polar surface area (TPSA) is 127 Å². The van der Waals surface area contributed by atoms with Crippen LogP contribution in [0, 0.1) is 0 Å². The second-order valence-corrected chi connectivity index (χ2v) is 7.25. The SMILES string of the molecule is COc1ccc(Nc2ncnc(N(C)c3ccc(S(=O)(=O)O)cc3)n2)cc1OC. The lowest BCUT2D eigenvalue weighted by Gasteiger charge is -2.17. The minimum Gasteiger partial charge on any atom is -0.493 e. The molecule has 3 rings (SSSR count). The van der Waals surface area contributed by atoms with Crippen LogP contribution in [0.4, 0.5) is 23.3 Å². The number of hydrogen-bond donors (Lipinski definition) is 2. The summed E-state index contributed by atoms with van der Waals surface area (Å²) in [6, 6.07) is 11.0. The highest BCUT2D eigenvalue weighted by Gasteiger charge is 2.13. The molecule has 0 atom stereocenters. The van der Waals surface area contributed by atoms with Gasteiger partial charge in [0, 0.05) is 24.5 Å². The zero-order chi connectivity index (χ0) is 21.0. The van der Waals surface area contributed by atoms with Gasteiger partial charge in [-0.2, -0.15) is 13.4 Å². The third-order valence-corrected chi connectivity index (χ3v) is 4.89. The highest BCUT2D eigenvalue weighted by molar-refractivity contribution is 7.85. The van der Waals surface area contributed by atoms with E-state index < -0.39 is 10.1 Å². The molecule has 0 amide bonds. The summed E-state index contributed by atoms with van der Waals surface area (Å²) >= 11 is 0. The van der Waals surface area contributed by atoms with E-state index in [0.29, 0.717) is 34.8 Å². The molecule has 0 bridgehead atoms. The molecular formula is C18H19N5O5S. The number of nitrogens with one attached hydrogen (secondary N) is 1. The normalized spacial score (nSPS) is 11.0. The number of ether oxygens (including phenoxy) is 2. The van der Waals surface area contributed by atoms with Crippen molar-refractivity contribution < 1.29 is 22.4 Å².